The number of hydrogen-bond acceptors (Lipinski definition) is 6. The second kappa shape index (κ2) is 8.72. The van der Waals surface area contributed by atoms with E-state index in [9.17, 15) is 14.4 Å². The number of nitrogens with zero attached hydrogens (tertiary/aromatic N) is 2. The van der Waals surface area contributed by atoms with Crippen LogP contribution in [0, 0.1) is 6.92 Å². The number of amides is 1. The van der Waals surface area contributed by atoms with E-state index in [0.717, 1.165) is 10.1 Å². The third kappa shape index (κ3) is 4.37. The van der Waals surface area contributed by atoms with Gasteiger partial charge in [-0.25, -0.2) is 9.78 Å². The molecule has 3 rings (SSSR count). The zero-order valence-electron chi connectivity index (χ0n) is 16.6. The number of nitrogens with one attached hydrogen (secondary N) is 1. The summed E-state index contributed by atoms with van der Waals surface area (Å²) < 4.78 is 11.6. The Labute approximate surface area is 167 Å². The second-order valence-electron chi connectivity index (χ2n) is 6.73. The van der Waals surface area contributed by atoms with Crippen LogP contribution >= 0.6 is 0 Å². The molecule has 0 spiro atoms. The molecule has 1 aromatic carbocycles. The summed E-state index contributed by atoms with van der Waals surface area (Å²) in [5.41, 5.74) is 0.680. The van der Waals surface area contributed by atoms with Gasteiger partial charge in [0.05, 0.1) is 6.61 Å². The van der Waals surface area contributed by atoms with Crippen molar-refractivity contribution in [2.24, 2.45) is 0 Å². The molecule has 8 nitrogen and oxygen atoms in total. The number of aryl methyl sites for hydroxylation is 1. The van der Waals surface area contributed by atoms with Crippen molar-refractivity contribution in [3.8, 4) is 0 Å². The second-order valence-corrected chi connectivity index (χ2v) is 6.73. The molecule has 0 radical (unpaired) electrons. The molecule has 2 heterocycles. The van der Waals surface area contributed by atoms with E-state index >= 15 is 0 Å². The van der Waals surface area contributed by atoms with Crippen LogP contribution in [0.3, 0.4) is 0 Å². The van der Waals surface area contributed by atoms with Gasteiger partial charge < -0.3 is 14.5 Å². The van der Waals surface area contributed by atoms with Crippen LogP contribution in [0.4, 0.5) is 0 Å². The minimum atomic E-state index is -0.651. The molecule has 1 amide bonds. The van der Waals surface area contributed by atoms with Crippen molar-refractivity contribution in [3.63, 3.8) is 0 Å². The van der Waals surface area contributed by atoms with Crippen LogP contribution in [0.15, 0.2) is 45.9 Å². The first-order valence-corrected chi connectivity index (χ1v) is 9.39. The molecule has 0 saturated heterocycles. The standard InChI is InChI=1S/C21H23N3O5/c1-4-28-21(27)17-14(3)29-19-18(17)20(26)24(12-23-19)11-16(25)22-10-13(2)15-8-6-5-7-9-15/h5-9,12-13H,4,10-11H2,1-3H3,(H,22,25)/t13-/m1/s1. The first kappa shape index (κ1) is 20.3. The lowest BCUT2D eigenvalue weighted by Gasteiger charge is -2.13. The summed E-state index contributed by atoms with van der Waals surface area (Å²) in [6.07, 6.45) is 1.24. The van der Waals surface area contributed by atoms with Crippen LogP contribution in [-0.2, 0) is 16.1 Å². The molecule has 29 heavy (non-hydrogen) atoms. The van der Waals surface area contributed by atoms with Gasteiger partial charge in [0.2, 0.25) is 11.6 Å². The number of aromatic nitrogens is 2. The van der Waals surface area contributed by atoms with Crippen LogP contribution in [-0.4, -0.2) is 34.6 Å². The average Bonchev–Trinajstić information content (AvgIpc) is 3.06. The Morgan fingerprint density at radius 1 is 1.28 bits per heavy atom. The molecule has 0 saturated carbocycles. The van der Waals surface area contributed by atoms with Gasteiger partial charge in [-0.1, -0.05) is 37.3 Å². The Hall–Kier alpha value is -3.42. The fraction of sp³-hybridized carbons (Fsp3) is 0.333. The topological polar surface area (TPSA) is 103 Å². The SMILES string of the molecule is CCOC(=O)c1c(C)oc2ncn(CC(=O)NC[C@@H](C)c3ccccc3)c(=O)c12. The minimum absolute atomic E-state index is 0.0221. The lowest BCUT2D eigenvalue weighted by atomic mass is 10.0. The summed E-state index contributed by atoms with van der Waals surface area (Å²) in [5.74, 6) is -0.596. The number of hydrogen-bond donors (Lipinski definition) is 1. The van der Waals surface area contributed by atoms with Gasteiger partial charge in [-0.05, 0) is 25.3 Å². The monoisotopic (exact) mass is 397 g/mol. The third-order valence-electron chi connectivity index (χ3n) is 4.62. The minimum Gasteiger partial charge on any atom is -0.462 e. The summed E-state index contributed by atoms with van der Waals surface area (Å²) >= 11 is 0. The molecule has 152 valence electrons. The number of furan rings is 1. The number of rotatable bonds is 7. The van der Waals surface area contributed by atoms with Crippen LogP contribution in [0.5, 0.6) is 0 Å². The summed E-state index contributed by atoms with van der Waals surface area (Å²) in [4.78, 5) is 41.5. The highest BCUT2D eigenvalue weighted by Crippen LogP contribution is 2.21. The number of benzene rings is 1. The normalized spacial score (nSPS) is 12.0. The average molecular weight is 397 g/mol. The van der Waals surface area contributed by atoms with E-state index in [1.165, 1.54) is 6.33 Å². The lowest BCUT2D eigenvalue weighted by molar-refractivity contribution is -0.121. The van der Waals surface area contributed by atoms with Gasteiger partial charge in [0.15, 0.2) is 0 Å². The van der Waals surface area contributed by atoms with Gasteiger partial charge >= 0.3 is 5.97 Å². The Morgan fingerprint density at radius 2 is 2.00 bits per heavy atom. The number of fused-ring (bicyclic) bond motifs is 1. The van der Waals surface area contributed by atoms with Crippen molar-refractivity contribution >= 4 is 23.0 Å². The highest BCUT2D eigenvalue weighted by Gasteiger charge is 2.24. The van der Waals surface area contributed by atoms with Crippen LogP contribution in [0.25, 0.3) is 11.1 Å². The third-order valence-corrected chi connectivity index (χ3v) is 4.62. The van der Waals surface area contributed by atoms with Crippen molar-refractivity contribution in [1.29, 1.82) is 0 Å². The Bertz CT molecular complexity index is 1080. The first-order chi connectivity index (χ1) is 13.9. The van der Waals surface area contributed by atoms with Crippen molar-refractivity contribution in [2.75, 3.05) is 13.2 Å². The summed E-state index contributed by atoms with van der Waals surface area (Å²) in [6, 6.07) is 9.82. The fourth-order valence-corrected chi connectivity index (χ4v) is 3.08. The van der Waals surface area contributed by atoms with Crippen molar-refractivity contribution in [2.45, 2.75) is 33.2 Å². The number of carbonyl (C=O) groups excluding carboxylic acids is 2. The smallest absolute Gasteiger partial charge is 0.342 e. The molecule has 1 N–H and O–H groups in total. The maximum absolute atomic E-state index is 12.8. The number of ether oxygens (including phenoxy) is 1. The number of esters is 1. The maximum Gasteiger partial charge on any atom is 0.342 e. The highest BCUT2D eigenvalue weighted by molar-refractivity contribution is 6.03. The zero-order valence-corrected chi connectivity index (χ0v) is 16.6. The number of carbonyl (C=O) groups is 2. The van der Waals surface area contributed by atoms with Gasteiger partial charge in [0.1, 0.15) is 29.6 Å². The quantitative estimate of drug-likeness (QED) is 0.614. The van der Waals surface area contributed by atoms with Crippen molar-refractivity contribution in [3.05, 3.63) is 63.9 Å². The van der Waals surface area contributed by atoms with E-state index in [1.54, 1.807) is 13.8 Å². The predicted molar refractivity (Wildman–Crippen MR) is 107 cm³/mol. The largest absolute Gasteiger partial charge is 0.462 e. The molecule has 0 bridgehead atoms. The molecule has 0 aliphatic rings. The predicted octanol–water partition coefficient (Wildman–Crippen LogP) is 2.39. The molecule has 2 aromatic heterocycles. The molecular formula is C21H23N3O5. The van der Waals surface area contributed by atoms with Crippen molar-refractivity contribution < 1.29 is 18.7 Å². The fourth-order valence-electron chi connectivity index (χ4n) is 3.08. The van der Waals surface area contributed by atoms with Crippen LogP contribution < -0.4 is 10.9 Å². The molecule has 0 aliphatic carbocycles. The Kier molecular flexibility index (Phi) is 6.11. The van der Waals surface area contributed by atoms with Gasteiger partial charge in [0.25, 0.3) is 5.56 Å². The Morgan fingerprint density at radius 3 is 2.69 bits per heavy atom. The summed E-state index contributed by atoms with van der Waals surface area (Å²) in [5, 5.41) is 2.85. The Balaban J connectivity index is 1.77. The van der Waals surface area contributed by atoms with E-state index in [-0.39, 0.29) is 47.4 Å². The zero-order chi connectivity index (χ0) is 21.0. The van der Waals surface area contributed by atoms with E-state index < -0.39 is 11.5 Å². The van der Waals surface area contributed by atoms with E-state index in [4.69, 9.17) is 9.15 Å². The van der Waals surface area contributed by atoms with E-state index in [0.29, 0.717) is 6.54 Å². The van der Waals surface area contributed by atoms with Gasteiger partial charge in [-0.15, -0.1) is 0 Å². The van der Waals surface area contributed by atoms with Crippen LogP contribution in [0.1, 0.15) is 41.4 Å². The maximum atomic E-state index is 12.8. The summed E-state index contributed by atoms with van der Waals surface area (Å²) in [7, 11) is 0. The highest BCUT2D eigenvalue weighted by atomic mass is 16.5. The van der Waals surface area contributed by atoms with Crippen molar-refractivity contribution in [1.82, 2.24) is 14.9 Å². The molecule has 0 unspecified atom stereocenters. The molecule has 0 aliphatic heterocycles. The molecular weight excluding hydrogens is 374 g/mol. The van der Waals surface area contributed by atoms with Gasteiger partial charge in [0, 0.05) is 6.54 Å². The van der Waals surface area contributed by atoms with E-state index in [1.807, 2.05) is 37.3 Å². The molecule has 0 fully saturated rings. The molecule has 8 heteroatoms. The molecule has 1 atom stereocenters. The van der Waals surface area contributed by atoms with Gasteiger partial charge in [-0.3, -0.25) is 14.2 Å². The van der Waals surface area contributed by atoms with Crippen LogP contribution in [0.2, 0.25) is 0 Å². The lowest BCUT2D eigenvalue weighted by Crippen LogP contribution is -2.34. The molecule has 3 aromatic rings. The first-order valence-electron chi connectivity index (χ1n) is 9.39. The summed E-state index contributed by atoms with van der Waals surface area (Å²) in [6.45, 7) is 5.64. The van der Waals surface area contributed by atoms with E-state index in [2.05, 4.69) is 10.3 Å². The van der Waals surface area contributed by atoms with Gasteiger partial charge in [-0.2, -0.15) is 0 Å².